The number of carboxylic acids is 2. The molecule has 1 fully saturated rings. The van der Waals surface area contributed by atoms with Crippen LogP contribution in [0.25, 0.3) is 0 Å². The Morgan fingerprint density at radius 2 is 1.75 bits per heavy atom. The normalized spacial score (nSPS) is 25.9. The Morgan fingerprint density at radius 1 is 1.19 bits per heavy atom. The zero-order valence-corrected chi connectivity index (χ0v) is 9.19. The van der Waals surface area contributed by atoms with E-state index in [0.29, 0.717) is 0 Å². The van der Waals surface area contributed by atoms with E-state index in [-0.39, 0.29) is 18.9 Å². The van der Waals surface area contributed by atoms with Gasteiger partial charge in [-0.1, -0.05) is 13.8 Å². The molecule has 16 heavy (non-hydrogen) atoms. The van der Waals surface area contributed by atoms with Crippen molar-refractivity contribution in [3.63, 3.8) is 0 Å². The van der Waals surface area contributed by atoms with Gasteiger partial charge in [-0.3, -0.25) is 14.4 Å². The van der Waals surface area contributed by atoms with Gasteiger partial charge in [0.1, 0.15) is 0 Å². The van der Waals surface area contributed by atoms with E-state index in [1.54, 1.807) is 13.8 Å². The first-order chi connectivity index (χ1) is 7.28. The summed E-state index contributed by atoms with van der Waals surface area (Å²) in [7, 11) is 0. The molecule has 0 bridgehead atoms. The van der Waals surface area contributed by atoms with Crippen LogP contribution < -0.4 is 5.32 Å². The Bertz CT molecular complexity index is 336. The Labute approximate surface area is 92.6 Å². The number of rotatable bonds is 5. The van der Waals surface area contributed by atoms with Crippen molar-refractivity contribution in [3.05, 3.63) is 0 Å². The van der Waals surface area contributed by atoms with Gasteiger partial charge >= 0.3 is 11.9 Å². The van der Waals surface area contributed by atoms with E-state index in [2.05, 4.69) is 5.32 Å². The van der Waals surface area contributed by atoms with Gasteiger partial charge in [-0.05, 0) is 5.41 Å². The highest BCUT2D eigenvalue weighted by atomic mass is 16.4. The molecule has 1 rings (SSSR count). The predicted octanol–water partition coefficient (Wildman–Crippen LogP) is -0.0659. The number of carbonyl (C=O) groups is 3. The summed E-state index contributed by atoms with van der Waals surface area (Å²) in [5.41, 5.74) is -0.543. The van der Waals surface area contributed by atoms with Gasteiger partial charge < -0.3 is 15.5 Å². The van der Waals surface area contributed by atoms with Crippen LogP contribution >= 0.6 is 0 Å². The van der Waals surface area contributed by atoms with Crippen LogP contribution in [0.15, 0.2) is 0 Å². The van der Waals surface area contributed by atoms with Gasteiger partial charge in [0.25, 0.3) is 0 Å². The summed E-state index contributed by atoms with van der Waals surface area (Å²) in [6.07, 6.45) is -0.156. The number of carboxylic acid groups (broad SMARTS) is 2. The van der Waals surface area contributed by atoms with E-state index in [0.717, 1.165) is 0 Å². The molecular weight excluding hydrogens is 214 g/mol. The molecule has 2 atom stereocenters. The third kappa shape index (κ3) is 2.32. The van der Waals surface area contributed by atoms with Crippen LogP contribution in [-0.2, 0) is 14.4 Å². The van der Waals surface area contributed by atoms with Gasteiger partial charge in [0.15, 0.2) is 0 Å². The summed E-state index contributed by atoms with van der Waals surface area (Å²) in [5, 5.41) is 19.7. The SMILES string of the molecule is CC1(C)C(C(=O)O)C1C(=O)NCCC(=O)O. The molecule has 0 saturated heterocycles. The summed E-state index contributed by atoms with van der Waals surface area (Å²) in [5.74, 6) is -3.58. The molecule has 2 unspecified atom stereocenters. The average Bonchev–Trinajstić information content (AvgIpc) is 2.68. The summed E-state index contributed by atoms with van der Waals surface area (Å²) in [6.45, 7) is 3.47. The average molecular weight is 229 g/mol. The Kier molecular flexibility index (Phi) is 3.21. The molecule has 3 N–H and O–H groups in total. The van der Waals surface area contributed by atoms with Gasteiger partial charge in [0.05, 0.1) is 18.3 Å². The molecule has 0 aromatic carbocycles. The maximum absolute atomic E-state index is 11.5. The molecule has 1 aliphatic carbocycles. The van der Waals surface area contributed by atoms with Crippen LogP contribution in [0.4, 0.5) is 0 Å². The van der Waals surface area contributed by atoms with Crippen molar-refractivity contribution in [2.75, 3.05) is 6.54 Å². The molecule has 1 aliphatic rings. The van der Waals surface area contributed by atoms with Crippen molar-refractivity contribution in [2.24, 2.45) is 17.3 Å². The second-order valence-electron chi connectivity index (χ2n) is 4.55. The lowest BCUT2D eigenvalue weighted by molar-refractivity contribution is -0.141. The van der Waals surface area contributed by atoms with Crippen molar-refractivity contribution in [2.45, 2.75) is 20.3 Å². The largest absolute Gasteiger partial charge is 0.481 e. The molecule has 1 saturated carbocycles. The summed E-state index contributed by atoms with van der Waals surface area (Å²) >= 11 is 0. The van der Waals surface area contributed by atoms with Crippen molar-refractivity contribution in [1.29, 1.82) is 0 Å². The molecule has 0 heterocycles. The van der Waals surface area contributed by atoms with Crippen LogP contribution in [0.1, 0.15) is 20.3 Å². The maximum atomic E-state index is 11.5. The van der Waals surface area contributed by atoms with Gasteiger partial charge in [-0.25, -0.2) is 0 Å². The fraction of sp³-hybridized carbons (Fsp3) is 0.700. The molecule has 1 amide bonds. The minimum atomic E-state index is -0.995. The molecule has 6 heteroatoms. The molecule has 90 valence electrons. The minimum absolute atomic E-state index is 0.0348. The maximum Gasteiger partial charge on any atom is 0.307 e. The minimum Gasteiger partial charge on any atom is -0.481 e. The van der Waals surface area contributed by atoms with E-state index < -0.39 is 29.2 Å². The van der Waals surface area contributed by atoms with Crippen molar-refractivity contribution in [3.8, 4) is 0 Å². The van der Waals surface area contributed by atoms with E-state index >= 15 is 0 Å². The molecule has 6 nitrogen and oxygen atoms in total. The highest BCUT2D eigenvalue weighted by Crippen LogP contribution is 2.58. The number of aliphatic carboxylic acids is 2. The Balaban J connectivity index is 2.45. The van der Waals surface area contributed by atoms with E-state index in [1.807, 2.05) is 0 Å². The van der Waals surface area contributed by atoms with Crippen molar-refractivity contribution < 1.29 is 24.6 Å². The zero-order chi connectivity index (χ0) is 12.5. The lowest BCUT2D eigenvalue weighted by Crippen LogP contribution is -2.29. The van der Waals surface area contributed by atoms with Crippen LogP contribution in [0.3, 0.4) is 0 Å². The van der Waals surface area contributed by atoms with Gasteiger partial charge in [-0.2, -0.15) is 0 Å². The fourth-order valence-electron chi connectivity index (χ4n) is 1.99. The van der Waals surface area contributed by atoms with Crippen molar-refractivity contribution in [1.82, 2.24) is 5.32 Å². The summed E-state index contributed by atoms with van der Waals surface area (Å²) in [4.78, 5) is 32.6. The summed E-state index contributed by atoms with van der Waals surface area (Å²) in [6, 6.07) is 0. The first-order valence-corrected chi connectivity index (χ1v) is 5.00. The molecule has 0 aliphatic heterocycles. The van der Waals surface area contributed by atoms with E-state index in [1.165, 1.54) is 0 Å². The third-order valence-electron chi connectivity index (χ3n) is 3.01. The highest BCUT2D eigenvalue weighted by molar-refractivity contribution is 5.91. The van der Waals surface area contributed by atoms with Crippen LogP contribution in [0.5, 0.6) is 0 Å². The van der Waals surface area contributed by atoms with Gasteiger partial charge in [0, 0.05) is 6.54 Å². The van der Waals surface area contributed by atoms with Crippen LogP contribution in [0, 0.1) is 17.3 Å². The summed E-state index contributed by atoms with van der Waals surface area (Å²) < 4.78 is 0. The van der Waals surface area contributed by atoms with Crippen LogP contribution in [-0.4, -0.2) is 34.6 Å². The quantitative estimate of drug-likeness (QED) is 0.612. The van der Waals surface area contributed by atoms with E-state index in [9.17, 15) is 14.4 Å². The number of hydrogen-bond acceptors (Lipinski definition) is 3. The number of amides is 1. The molecule has 0 aromatic heterocycles. The second-order valence-corrected chi connectivity index (χ2v) is 4.55. The lowest BCUT2D eigenvalue weighted by atomic mass is 10.1. The van der Waals surface area contributed by atoms with E-state index in [4.69, 9.17) is 10.2 Å². The van der Waals surface area contributed by atoms with Gasteiger partial charge in [0.2, 0.25) is 5.91 Å². The molecule has 0 aromatic rings. The monoisotopic (exact) mass is 229 g/mol. The number of carbonyl (C=O) groups excluding carboxylic acids is 1. The van der Waals surface area contributed by atoms with Gasteiger partial charge in [-0.15, -0.1) is 0 Å². The van der Waals surface area contributed by atoms with Crippen molar-refractivity contribution >= 4 is 17.8 Å². The third-order valence-corrected chi connectivity index (χ3v) is 3.01. The second kappa shape index (κ2) is 4.11. The molecule has 0 radical (unpaired) electrons. The number of hydrogen-bond donors (Lipinski definition) is 3. The van der Waals surface area contributed by atoms with Crippen LogP contribution in [0.2, 0.25) is 0 Å². The topological polar surface area (TPSA) is 104 Å². The highest BCUT2D eigenvalue weighted by Gasteiger charge is 2.65. The Hall–Kier alpha value is -1.59. The number of nitrogens with one attached hydrogen (secondary N) is 1. The Morgan fingerprint density at radius 3 is 2.12 bits per heavy atom. The molecule has 0 spiro atoms. The predicted molar refractivity (Wildman–Crippen MR) is 53.7 cm³/mol. The zero-order valence-electron chi connectivity index (χ0n) is 9.19. The fourth-order valence-corrected chi connectivity index (χ4v) is 1.99. The standard InChI is InChI=1S/C10H15NO5/c1-10(2)6(7(10)9(15)16)8(14)11-4-3-5(12)13/h6-7H,3-4H2,1-2H3,(H,11,14)(H,12,13)(H,15,16). The first-order valence-electron chi connectivity index (χ1n) is 5.00. The first kappa shape index (κ1) is 12.5. The smallest absolute Gasteiger partial charge is 0.307 e. The lowest BCUT2D eigenvalue weighted by Gasteiger charge is -2.03. The molecular formula is C10H15NO5.